The second-order valence-electron chi connectivity index (χ2n) is 7.03. The Morgan fingerprint density at radius 2 is 1.00 bits per heavy atom. The number of rotatable bonds is 4. The molecule has 0 fully saturated rings. The predicted molar refractivity (Wildman–Crippen MR) is 145 cm³/mol. The van der Waals surface area contributed by atoms with Gasteiger partial charge in [-0.1, -0.05) is 50.3 Å². The van der Waals surface area contributed by atoms with Crippen molar-refractivity contribution in [1.82, 2.24) is 0 Å². The molecule has 0 spiro atoms. The summed E-state index contributed by atoms with van der Waals surface area (Å²) in [5.41, 5.74) is 8.22. The molecule has 0 aromatic heterocycles. The van der Waals surface area contributed by atoms with Crippen LogP contribution in [0.4, 0.5) is 11.4 Å². The lowest BCUT2D eigenvalue weighted by atomic mass is 9.90. The van der Waals surface area contributed by atoms with E-state index in [1.807, 2.05) is 20.9 Å². The van der Waals surface area contributed by atoms with Crippen LogP contribution in [0.15, 0.2) is 83.4 Å². The summed E-state index contributed by atoms with van der Waals surface area (Å²) in [4.78, 5) is 8.49. The number of aliphatic imine (C=N–C) groups is 1. The van der Waals surface area contributed by atoms with E-state index in [0.29, 0.717) is 0 Å². The van der Waals surface area contributed by atoms with Crippen LogP contribution in [0.5, 0.6) is 0 Å². The van der Waals surface area contributed by atoms with Gasteiger partial charge in [-0.3, -0.25) is 4.99 Å². The third-order valence-corrected chi connectivity index (χ3v) is 4.76. The maximum Gasteiger partial charge on any atom is 0.0571 e. The molecule has 0 aliphatic heterocycles. The summed E-state index contributed by atoms with van der Waals surface area (Å²) >= 11 is 3.53. The lowest BCUT2D eigenvalue weighted by Gasteiger charge is -2.18. The summed E-state index contributed by atoms with van der Waals surface area (Å²) in [6.45, 7) is 4.00. The van der Waals surface area contributed by atoms with Gasteiger partial charge in [0.25, 0.3) is 0 Å². The van der Waals surface area contributed by atoms with Crippen LogP contribution < -0.4 is 9.80 Å². The SMILES string of the molecule is CC.CN=C1C=CC(=C(c2ccc(N(C)C)cc2)c2ccc(N(C)C)cc2)C=C1.CS. The number of anilines is 2. The molecule has 0 unspecified atom stereocenters. The molecular formula is C27H37N3S. The number of thiol groups is 1. The highest BCUT2D eigenvalue weighted by Crippen LogP contribution is 2.31. The largest absolute Gasteiger partial charge is 0.378 e. The van der Waals surface area contributed by atoms with Gasteiger partial charge < -0.3 is 9.80 Å². The van der Waals surface area contributed by atoms with E-state index in [9.17, 15) is 0 Å². The van der Waals surface area contributed by atoms with E-state index in [0.717, 1.165) is 5.71 Å². The molecule has 0 saturated carbocycles. The molecule has 1 aliphatic rings. The summed E-state index contributed by atoms with van der Waals surface area (Å²) in [5, 5.41) is 0. The van der Waals surface area contributed by atoms with Crippen LogP contribution >= 0.6 is 12.6 Å². The van der Waals surface area contributed by atoms with Gasteiger partial charge in [0.1, 0.15) is 0 Å². The second kappa shape index (κ2) is 13.6. The van der Waals surface area contributed by atoms with Crippen LogP contribution in [0.2, 0.25) is 0 Å². The van der Waals surface area contributed by atoms with Crippen molar-refractivity contribution < 1.29 is 0 Å². The first-order valence-electron chi connectivity index (χ1n) is 10.6. The van der Waals surface area contributed by atoms with Crippen LogP contribution in [0, 0.1) is 0 Å². The zero-order valence-electron chi connectivity index (χ0n) is 20.2. The highest BCUT2D eigenvalue weighted by Gasteiger charge is 2.12. The Bertz CT molecular complexity index is 844. The third kappa shape index (κ3) is 7.18. The summed E-state index contributed by atoms with van der Waals surface area (Å²) < 4.78 is 0. The Morgan fingerprint density at radius 1 is 0.645 bits per heavy atom. The molecule has 3 rings (SSSR count). The minimum atomic E-state index is 0.990. The summed E-state index contributed by atoms with van der Waals surface area (Å²) in [6.07, 6.45) is 10.1. The van der Waals surface area contributed by atoms with Crippen molar-refractivity contribution in [3.8, 4) is 0 Å². The molecule has 2 aromatic carbocycles. The Balaban J connectivity index is 0.00000113. The molecule has 3 nitrogen and oxygen atoms in total. The first kappa shape index (κ1) is 26.3. The first-order chi connectivity index (χ1) is 15.0. The minimum absolute atomic E-state index is 0.990. The molecule has 0 amide bonds. The van der Waals surface area contributed by atoms with Gasteiger partial charge in [0.05, 0.1) is 5.71 Å². The standard InChI is InChI=1S/C24H27N3.C2H6.CH4S/c1-25-21-12-6-18(7-13-21)24(19-8-14-22(15-9-19)26(2)3)20-10-16-23(17-11-20)27(4)5;2*1-2/h6-17H,1-5H3;1-2H3;2H,1H3. The van der Waals surface area contributed by atoms with Gasteiger partial charge in [-0.2, -0.15) is 12.6 Å². The van der Waals surface area contributed by atoms with Crippen LogP contribution in [0.3, 0.4) is 0 Å². The molecule has 0 radical (unpaired) electrons. The highest BCUT2D eigenvalue weighted by atomic mass is 32.1. The van der Waals surface area contributed by atoms with Crippen molar-refractivity contribution in [2.45, 2.75) is 13.8 Å². The monoisotopic (exact) mass is 435 g/mol. The predicted octanol–water partition coefficient (Wildman–Crippen LogP) is 6.39. The molecular weight excluding hydrogens is 398 g/mol. The summed E-state index contributed by atoms with van der Waals surface area (Å²) in [7, 11) is 10.1. The molecule has 0 saturated heterocycles. The molecule has 0 heterocycles. The van der Waals surface area contributed by atoms with E-state index in [1.165, 1.54) is 33.6 Å². The Hall–Kier alpha value is -2.72. The number of hydrogen-bond acceptors (Lipinski definition) is 4. The Kier molecular flexibility index (Phi) is 11.5. The van der Waals surface area contributed by atoms with Gasteiger partial charge in [-0.05, 0) is 64.9 Å². The van der Waals surface area contributed by atoms with E-state index in [-0.39, 0.29) is 0 Å². The fourth-order valence-corrected chi connectivity index (χ4v) is 3.13. The van der Waals surface area contributed by atoms with E-state index in [4.69, 9.17) is 0 Å². The second-order valence-corrected chi connectivity index (χ2v) is 7.03. The van der Waals surface area contributed by atoms with Crippen molar-refractivity contribution in [2.24, 2.45) is 4.99 Å². The summed E-state index contributed by atoms with van der Waals surface area (Å²) in [5.74, 6) is 0. The van der Waals surface area contributed by atoms with E-state index in [1.54, 1.807) is 6.26 Å². The lowest BCUT2D eigenvalue weighted by Crippen LogP contribution is -2.08. The average Bonchev–Trinajstić information content (AvgIpc) is 2.83. The van der Waals surface area contributed by atoms with Crippen LogP contribution in [-0.2, 0) is 0 Å². The van der Waals surface area contributed by atoms with Crippen molar-refractivity contribution in [2.75, 3.05) is 51.3 Å². The molecule has 0 atom stereocenters. The fourth-order valence-electron chi connectivity index (χ4n) is 3.13. The Morgan fingerprint density at radius 3 is 1.29 bits per heavy atom. The quantitative estimate of drug-likeness (QED) is 0.561. The molecule has 0 N–H and O–H groups in total. The van der Waals surface area contributed by atoms with Gasteiger partial charge in [0.15, 0.2) is 0 Å². The van der Waals surface area contributed by atoms with E-state index in [2.05, 4.69) is 128 Å². The van der Waals surface area contributed by atoms with Gasteiger partial charge in [-0.15, -0.1) is 0 Å². The molecule has 166 valence electrons. The number of allylic oxidation sites excluding steroid dienone is 5. The average molecular weight is 436 g/mol. The van der Waals surface area contributed by atoms with Crippen molar-refractivity contribution in [3.05, 3.63) is 89.5 Å². The molecule has 0 bridgehead atoms. The smallest absolute Gasteiger partial charge is 0.0571 e. The molecule has 31 heavy (non-hydrogen) atoms. The summed E-state index contributed by atoms with van der Waals surface area (Å²) in [6, 6.07) is 17.5. The lowest BCUT2D eigenvalue weighted by molar-refractivity contribution is 1.13. The molecule has 2 aromatic rings. The highest BCUT2D eigenvalue weighted by molar-refractivity contribution is 7.79. The molecule has 4 heteroatoms. The van der Waals surface area contributed by atoms with Crippen LogP contribution in [0.1, 0.15) is 25.0 Å². The van der Waals surface area contributed by atoms with Gasteiger partial charge in [0.2, 0.25) is 0 Å². The minimum Gasteiger partial charge on any atom is -0.378 e. The fraction of sp³-hybridized carbons (Fsp3) is 0.296. The van der Waals surface area contributed by atoms with Crippen LogP contribution in [0.25, 0.3) is 5.57 Å². The van der Waals surface area contributed by atoms with Gasteiger partial charge in [-0.25, -0.2) is 0 Å². The van der Waals surface area contributed by atoms with Gasteiger partial charge in [0, 0.05) is 46.6 Å². The van der Waals surface area contributed by atoms with Crippen molar-refractivity contribution in [1.29, 1.82) is 0 Å². The maximum atomic E-state index is 4.26. The molecule has 1 aliphatic carbocycles. The van der Waals surface area contributed by atoms with Crippen molar-refractivity contribution >= 4 is 35.3 Å². The zero-order chi connectivity index (χ0) is 23.4. The van der Waals surface area contributed by atoms with E-state index >= 15 is 0 Å². The maximum absolute atomic E-state index is 4.26. The zero-order valence-corrected chi connectivity index (χ0v) is 21.1. The van der Waals surface area contributed by atoms with Gasteiger partial charge >= 0.3 is 0 Å². The third-order valence-electron chi connectivity index (χ3n) is 4.76. The Labute approximate surface area is 194 Å². The topological polar surface area (TPSA) is 18.8 Å². The normalized spacial score (nSPS) is 11.6. The van der Waals surface area contributed by atoms with Crippen molar-refractivity contribution in [3.63, 3.8) is 0 Å². The van der Waals surface area contributed by atoms with E-state index < -0.39 is 0 Å². The number of benzene rings is 2. The van der Waals surface area contributed by atoms with Crippen LogP contribution in [-0.4, -0.2) is 47.2 Å². The number of hydrogen-bond donors (Lipinski definition) is 1. The first-order valence-corrected chi connectivity index (χ1v) is 11.5. The number of nitrogens with zero attached hydrogens (tertiary/aromatic N) is 3.